The maximum atomic E-state index is 7.50. The van der Waals surface area contributed by atoms with E-state index in [4.69, 9.17) is 20.5 Å². The van der Waals surface area contributed by atoms with Gasteiger partial charge in [0.15, 0.2) is 0 Å². The van der Waals surface area contributed by atoms with E-state index in [1.807, 2.05) is 20.8 Å². The van der Waals surface area contributed by atoms with Gasteiger partial charge in [0.05, 0.1) is 0 Å². The molecule has 0 aromatic heterocycles. The number of hydrogen-bond acceptors (Lipinski definition) is 0. The van der Waals surface area contributed by atoms with Gasteiger partial charge in [-0.2, -0.15) is 18.2 Å². The first kappa shape index (κ1) is 40.7. The topological polar surface area (TPSA) is 64.1 Å². The standard InChI is InChI=1S/C25H20IP2.C5H9N.3CO.Mn/c26-25(27(21-13-5-1-6-14-21)22-15-7-2-8-16-22)28(23-17-9-3-10-18-23)24-19-11-4-12-20-24;1-5(2,3)6-4;3*1-2;/h1-20H;1-3H3;;;;/q-1;;;;;. The van der Waals surface area contributed by atoms with Crippen molar-refractivity contribution in [3.63, 3.8) is 0 Å². The zero-order valence-electron chi connectivity index (χ0n) is 22.9. The molecule has 4 nitrogen and oxygen atoms in total. The Morgan fingerprint density at radius 1 is 0.707 bits per heavy atom. The molecule has 0 aliphatic rings. The van der Waals surface area contributed by atoms with E-state index >= 15 is 0 Å². The van der Waals surface area contributed by atoms with Gasteiger partial charge in [-0.3, -0.25) is 22.6 Å². The van der Waals surface area contributed by atoms with Gasteiger partial charge in [0.2, 0.25) is 5.54 Å². The molecule has 4 aromatic carbocycles. The Hall–Kier alpha value is -2.43. The first-order valence-electron chi connectivity index (χ1n) is 11.7. The summed E-state index contributed by atoms with van der Waals surface area (Å²) in [5, 5.41) is 4.23. The maximum Gasteiger partial charge on any atom is 0 e. The fourth-order valence-electron chi connectivity index (χ4n) is 3.13. The molecular weight excluding hydrogens is 702 g/mol. The average molecular weight is 731 g/mol. The van der Waals surface area contributed by atoms with Crippen LogP contribution >= 0.6 is 38.1 Å². The van der Waals surface area contributed by atoms with E-state index in [0.29, 0.717) is 0 Å². The average Bonchev–Trinajstić information content (AvgIpc) is 3.03. The van der Waals surface area contributed by atoms with Gasteiger partial charge in [-0.05, 0) is 33.7 Å². The summed E-state index contributed by atoms with van der Waals surface area (Å²) in [5.41, 5.74) is -0.167. The monoisotopic (exact) mass is 731 g/mol. The zero-order chi connectivity index (χ0) is 30.4. The molecule has 0 aliphatic heterocycles. The Morgan fingerprint density at radius 2 is 1.07 bits per heavy atom. The van der Waals surface area contributed by atoms with E-state index in [2.05, 4.69) is 169 Å². The molecule has 8 heteroatoms. The molecule has 0 saturated carbocycles. The third kappa shape index (κ3) is 14.9. The van der Waals surface area contributed by atoms with Crippen molar-refractivity contribution >= 4 is 54.0 Å². The molecule has 41 heavy (non-hydrogen) atoms. The fraction of sp³-hybridized carbons (Fsp3) is 0.121. The summed E-state index contributed by atoms with van der Waals surface area (Å²) in [6.07, 6.45) is 0. The molecule has 0 spiro atoms. The Balaban J connectivity index is 0. The molecule has 4 rings (SSSR count). The minimum atomic E-state index is -0.567. The number of halogens is 1. The zero-order valence-corrected chi connectivity index (χ0v) is 28.0. The van der Waals surface area contributed by atoms with Crippen LogP contribution in [-0.2, 0) is 31.0 Å². The van der Waals surface area contributed by atoms with Crippen molar-refractivity contribution in [3.05, 3.63) is 161 Å². The van der Waals surface area contributed by atoms with Crippen molar-refractivity contribution in [2.75, 3.05) is 0 Å². The third-order valence-corrected chi connectivity index (χ3v) is 12.9. The van der Waals surface area contributed by atoms with Crippen LogP contribution in [0.3, 0.4) is 0 Å². The summed E-state index contributed by atoms with van der Waals surface area (Å²) in [5.74, 6) is 0. The van der Waals surface area contributed by atoms with Crippen LogP contribution in [0.15, 0.2) is 121 Å². The summed E-state index contributed by atoms with van der Waals surface area (Å²) in [4.78, 5) is 4.68. The van der Waals surface area contributed by atoms with E-state index in [0.717, 1.165) is 0 Å². The first-order valence-corrected chi connectivity index (χ1v) is 15.5. The number of benzene rings is 4. The third-order valence-electron chi connectivity index (χ3n) is 4.76. The maximum absolute atomic E-state index is 7.50. The number of rotatable bonds is 5. The molecule has 1 unspecified atom stereocenters. The fourth-order valence-corrected chi connectivity index (χ4v) is 12.0. The minimum absolute atomic E-state index is 0. The molecule has 0 amide bonds. The van der Waals surface area contributed by atoms with Crippen LogP contribution in [-0.4, -0.2) is 5.54 Å². The summed E-state index contributed by atoms with van der Waals surface area (Å²) in [6.45, 7) is 25.6. The molecule has 0 bridgehead atoms. The molecule has 0 heterocycles. The molecule has 1 atom stereocenters. The summed E-state index contributed by atoms with van der Waals surface area (Å²) >= 11 is 2.65. The van der Waals surface area contributed by atoms with Crippen molar-refractivity contribution in [2.45, 2.75) is 26.3 Å². The van der Waals surface area contributed by atoms with Crippen LogP contribution in [0.25, 0.3) is 4.85 Å². The van der Waals surface area contributed by atoms with Crippen molar-refractivity contribution in [1.82, 2.24) is 0 Å². The molecule has 4 aromatic rings. The van der Waals surface area contributed by atoms with Gasteiger partial charge in [-0.25, -0.2) is 6.57 Å². The van der Waals surface area contributed by atoms with Crippen molar-refractivity contribution in [1.29, 1.82) is 0 Å². The molecule has 0 aliphatic carbocycles. The molecular formula is C33H29IMnNO3P2-. The Labute approximate surface area is 270 Å². The van der Waals surface area contributed by atoms with Crippen LogP contribution in [0.5, 0.6) is 0 Å². The molecule has 209 valence electrons. The Bertz CT molecular complexity index is 1340. The van der Waals surface area contributed by atoms with E-state index in [9.17, 15) is 0 Å². The second-order valence-electron chi connectivity index (χ2n) is 8.56. The second-order valence-corrected chi connectivity index (χ2v) is 16.0. The summed E-state index contributed by atoms with van der Waals surface area (Å²) in [7, 11) is -1.13. The first-order chi connectivity index (χ1) is 19.4. The molecule has 1 radical (unpaired) electrons. The molecule has 0 saturated heterocycles. The van der Waals surface area contributed by atoms with Crippen molar-refractivity contribution in [3.8, 4) is 0 Å². The smallest absolute Gasteiger partial charge is 0 e. The summed E-state index contributed by atoms with van der Waals surface area (Å²) < 4.78 is 24.0. The van der Waals surface area contributed by atoms with E-state index < -0.39 is 15.5 Å². The van der Waals surface area contributed by atoms with Crippen molar-refractivity contribution in [2.24, 2.45) is 0 Å². The summed E-state index contributed by atoms with van der Waals surface area (Å²) in [6, 6.07) is 43.9. The molecule has 0 fully saturated rings. The number of nitrogens with zero attached hydrogens (tertiary/aromatic N) is 1. The van der Waals surface area contributed by atoms with Crippen LogP contribution in [0.4, 0.5) is 0 Å². The van der Waals surface area contributed by atoms with Gasteiger partial charge in [-0.1, -0.05) is 78.9 Å². The van der Waals surface area contributed by atoms with Crippen molar-refractivity contribution < 1.29 is 31.0 Å². The SMILES string of the molecule is I[C-](P(c1ccccc1)c1ccccc1)[P+](c1ccccc1)=c1cccc[cH-]1.[C-]#[N+]C(C)(C)C.[C-]#[O+].[C-]#[O+].[C-]#[O+].[Mn]. The van der Waals surface area contributed by atoms with Crippen LogP contribution < -0.4 is 15.9 Å². The molecule has 0 N–H and O–H groups in total. The van der Waals surface area contributed by atoms with Gasteiger partial charge >= 0.3 is 33.9 Å². The van der Waals surface area contributed by atoms with Crippen LogP contribution in [0, 0.1) is 34.9 Å². The largest absolute Gasteiger partial charge is 0 e. The Kier molecular flexibility index (Phi) is 24.0. The van der Waals surface area contributed by atoms with Gasteiger partial charge in [0.1, 0.15) is 5.30 Å². The van der Waals surface area contributed by atoms with E-state index in [1.54, 1.807) is 0 Å². The Morgan fingerprint density at radius 3 is 1.41 bits per heavy atom. The number of hydrogen-bond donors (Lipinski definition) is 0. The van der Waals surface area contributed by atoms with E-state index in [-0.39, 0.29) is 22.6 Å². The minimum Gasteiger partial charge on any atom is 0 e. The van der Waals surface area contributed by atoms with Crippen LogP contribution in [0.2, 0.25) is 0 Å². The van der Waals surface area contributed by atoms with Gasteiger partial charge < -0.3 is 4.85 Å². The second kappa shape index (κ2) is 24.2. The van der Waals surface area contributed by atoms with E-state index in [1.165, 1.54) is 24.3 Å². The quantitative estimate of drug-likeness (QED) is 0.0652. The van der Waals surface area contributed by atoms with Gasteiger partial charge in [0, 0.05) is 42.8 Å². The van der Waals surface area contributed by atoms with Gasteiger partial charge in [0.25, 0.3) is 0 Å². The normalized spacial score (nSPS) is 9.59. The van der Waals surface area contributed by atoms with Gasteiger partial charge in [-0.15, -0.1) is 20.1 Å². The predicted octanol–water partition coefficient (Wildman–Crippen LogP) is 8.35. The van der Waals surface area contributed by atoms with Crippen LogP contribution in [0.1, 0.15) is 20.8 Å². The predicted molar refractivity (Wildman–Crippen MR) is 173 cm³/mol.